The summed E-state index contributed by atoms with van der Waals surface area (Å²) in [6, 6.07) is 0. The van der Waals surface area contributed by atoms with Gasteiger partial charge < -0.3 is 4.74 Å². The molecule has 0 aromatic rings. The van der Waals surface area contributed by atoms with Gasteiger partial charge in [0.05, 0.1) is 18.5 Å². The van der Waals surface area contributed by atoms with Crippen LogP contribution >= 0.6 is 0 Å². The van der Waals surface area contributed by atoms with Gasteiger partial charge in [-0.2, -0.15) is 8.42 Å². The second-order valence-electron chi connectivity index (χ2n) is 4.37. The molecular formula is C9H16O4S. The third-order valence-electron chi connectivity index (χ3n) is 3.35. The highest BCUT2D eigenvalue weighted by Crippen LogP contribution is 2.45. The molecule has 2 unspecified atom stereocenters. The van der Waals surface area contributed by atoms with Crippen LogP contribution in [0.3, 0.4) is 0 Å². The minimum absolute atomic E-state index is 0.132. The van der Waals surface area contributed by atoms with Gasteiger partial charge in [0.15, 0.2) is 0 Å². The SMILES string of the molecule is O=S(=O)(O)CCOC1CC2CC[C@@H]1C2. The first-order chi connectivity index (χ1) is 6.54. The van der Waals surface area contributed by atoms with Gasteiger partial charge in [0.25, 0.3) is 10.1 Å². The monoisotopic (exact) mass is 220 g/mol. The lowest BCUT2D eigenvalue weighted by Crippen LogP contribution is -2.23. The number of hydrogen-bond donors (Lipinski definition) is 1. The van der Waals surface area contributed by atoms with Crippen molar-refractivity contribution in [3.63, 3.8) is 0 Å². The molecule has 14 heavy (non-hydrogen) atoms. The molecule has 2 aliphatic carbocycles. The zero-order valence-electron chi connectivity index (χ0n) is 8.05. The number of fused-ring (bicyclic) bond motifs is 2. The van der Waals surface area contributed by atoms with Crippen LogP contribution in [0.5, 0.6) is 0 Å². The molecule has 2 rings (SSSR count). The van der Waals surface area contributed by atoms with Crippen LogP contribution in [0, 0.1) is 11.8 Å². The Balaban J connectivity index is 1.72. The molecule has 2 aliphatic rings. The van der Waals surface area contributed by atoms with Gasteiger partial charge in [0.2, 0.25) is 0 Å². The number of ether oxygens (including phenoxy) is 1. The average molecular weight is 220 g/mol. The Labute approximate surface area is 84.4 Å². The van der Waals surface area contributed by atoms with Crippen LogP contribution < -0.4 is 0 Å². The molecule has 0 spiro atoms. The molecule has 0 saturated heterocycles. The van der Waals surface area contributed by atoms with Crippen molar-refractivity contribution in [1.29, 1.82) is 0 Å². The van der Waals surface area contributed by atoms with Gasteiger partial charge in [-0.1, -0.05) is 0 Å². The normalized spacial score (nSPS) is 36.5. The van der Waals surface area contributed by atoms with Crippen LogP contribution in [0.1, 0.15) is 25.7 Å². The molecule has 1 N–H and O–H groups in total. The summed E-state index contributed by atoms with van der Waals surface area (Å²) in [6.45, 7) is 0.132. The minimum atomic E-state index is -3.85. The molecule has 2 fully saturated rings. The maximum Gasteiger partial charge on any atom is 0.267 e. The highest BCUT2D eigenvalue weighted by atomic mass is 32.2. The van der Waals surface area contributed by atoms with Crippen molar-refractivity contribution in [2.45, 2.75) is 31.8 Å². The molecule has 0 aliphatic heterocycles. The first kappa shape index (κ1) is 10.4. The van der Waals surface area contributed by atoms with Crippen LogP contribution in [0.4, 0.5) is 0 Å². The fourth-order valence-corrected chi connectivity index (χ4v) is 3.00. The molecular weight excluding hydrogens is 204 g/mol. The van der Waals surface area contributed by atoms with Crippen molar-refractivity contribution in [1.82, 2.24) is 0 Å². The Bertz CT molecular complexity index is 298. The predicted octanol–water partition coefficient (Wildman–Crippen LogP) is 1.08. The van der Waals surface area contributed by atoms with E-state index in [9.17, 15) is 8.42 Å². The van der Waals surface area contributed by atoms with Gasteiger partial charge in [0.1, 0.15) is 0 Å². The van der Waals surface area contributed by atoms with Crippen molar-refractivity contribution < 1.29 is 17.7 Å². The molecule has 2 bridgehead atoms. The second-order valence-corrected chi connectivity index (χ2v) is 5.94. The molecule has 0 aromatic carbocycles. The summed E-state index contributed by atoms with van der Waals surface area (Å²) >= 11 is 0. The number of hydrogen-bond acceptors (Lipinski definition) is 3. The van der Waals surface area contributed by atoms with Crippen LogP contribution in [-0.2, 0) is 14.9 Å². The molecule has 0 aromatic heterocycles. The molecule has 82 valence electrons. The fraction of sp³-hybridized carbons (Fsp3) is 1.00. The molecule has 0 amide bonds. The van der Waals surface area contributed by atoms with E-state index in [1.807, 2.05) is 0 Å². The van der Waals surface area contributed by atoms with Crippen molar-refractivity contribution >= 4 is 10.1 Å². The van der Waals surface area contributed by atoms with Crippen molar-refractivity contribution in [3.8, 4) is 0 Å². The largest absolute Gasteiger partial charge is 0.377 e. The topological polar surface area (TPSA) is 63.6 Å². The Kier molecular flexibility index (Phi) is 2.81. The Morgan fingerprint density at radius 1 is 1.29 bits per heavy atom. The van der Waals surface area contributed by atoms with Crippen molar-refractivity contribution in [3.05, 3.63) is 0 Å². The Hall–Kier alpha value is -0.130. The number of rotatable bonds is 4. The molecule has 4 nitrogen and oxygen atoms in total. The first-order valence-corrected chi connectivity index (χ1v) is 6.72. The summed E-state index contributed by atoms with van der Waals surface area (Å²) < 4.78 is 34.9. The smallest absolute Gasteiger partial charge is 0.267 e. The second kappa shape index (κ2) is 3.79. The third-order valence-corrected chi connectivity index (χ3v) is 4.03. The summed E-state index contributed by atoms with van der Waals surface area (Å²) in [7, 11) is -3.85. The Morgan fingerprint density at radius 2 is 2.07 bits per heavy atom. The highest BCUT2D eigenvalue weighted by molar-refractivity contribution is 7.85. The molecule has 5 heteroatoms. The Morgan fingerprint density at radius 3 is 2.57 bits per heavy atom. The zero-order valence-corrected chi connectivity index (χ0v) is 8.87. The molecule has 0 heterocycles. The van der Waals surface area contributed by atoms with Gasteiger partial charge in [0, 0.05) is 0 Å². The minimum Gasteiger partial charge on any atom is -0.377 e. The lowest BCUT2D eigenvalue weighted by Gasteiger charge is -2.21. The molecule has 2 saturated carbocycles. The van der Waals surface area contributed by atoms with E-state index in [4.69, 9.17) is 9.29 Å². The summed E-state index contributed by atoms with van der Waals surface area (Å²) in [5, 5.41) is 0. The van der Waals surface area contributed by atoms with E-state index in [1.54, 1.807) is 0 Å². The highest BCUT2D eigenvalue weighted by Gasteiger charge is 2.40. The van der Waals surface area contributed by atoms with Crippen LogP contribution in [-0.4, -0.2) is 31.4 Å². The van der Waals surface area contributed by atoms with E-state index in [1.165, 1.54) is 19.3 Å². The van der Waals surface area contributed by atoms with E-state index in [0.717, 1.165) is 12.3 Å². The van der Waals surface area contributed by atoms with E-state index in [2.05, 4.69) is 0 Å². The van der Waals surface area contributed by atoms with Gasteiger partial charge in [-0.3, -0.25) is 4.55 Å². The summed E-state index contributed by atoms with van der Waals surface area (Å²) in [6.07, 6.45) is 5.10. The van der Waals surface area contributed by atoms with E-state index in [0.29, 0.717) is 5.92 Å². The third kappa shape index (κ3) is 2.46. The van der Waals surface area contributed by atoms with Gasteiger partial charge in [-0.05, 0) is 37.5 Å². The maximum atomic E-state index is 10.4. The van der Waals surface area contributed by atoms with E-state index >= 15 is 0 Å². The summed E-state index contributed by atoms with van der Waals surface area (Å²) in [4.78, 5) is 0. The van der Waals surface area contributed by atoms with Crippen LogP contribution in [0.25, 0.3) is 0 Å². The lowest BCUT2D eigenvalue weighted by molar-refractivity contribution is 0.0251. The molecule has 0 radical (unpaired) electrons. The van der Waals surface area contributed by atoms with Gasteiger partial charge >= 0.3 is 0 Å². The predicted molar refractivity (Wildman–Crippen MR) is 51.6 cm³/mol. The average Bonchev–Trinajstić information content (AvgIpc) is 2.62. The van der Waals surface area contributed by atoms with E-state index < -0.39 is 10.1 Å². The van der Waals surface area contributed by atoms with Gasteiger partial charge in [-0.15, -0.1) is 0 Å². The summed E-state index contributed by atoms with van der Waals surface area (Å²) in [5.41, 5.74) is 0. The quantitative estimate of drug-likeness (QED) is 0.720. The van der Waals surface area contributed by atoms with Crippen LogP contribution in [0.2, 0.25) is 0 Å². The first-order valence-electron chi connectivity index (χ1n) is 5.11. The van der Waals surface area contributed by atoms with Gasteiger partial charge in [-0.25, -0.2) is 0 Å². The lowest BCUT2D eigenvalue weighted by atomic mass is 9.98. The van der Waals surface area contributed by atoms with E-state index in [-0.39, 0.29) is 18.5 Å². The zero-order chi connectivity index (χ0) is 10.2. The molecule has 3 atom stereocenters. The fourth-order valence-electron chi connectivity index (χ4n) is 2.70. The van der Waals surface area contributed by atoms with Crippen LogP contribution in [0.15, 0.2) is 0 Å². The standard InChI is InChI=1S/C9H16O4S/c10-14(11,12)4-3-13-9-6-7-1-2-8(9)5-7/h7-9H,1-6H2,(H,10,11,12)/t7?,8-,9?/m1/s1. The maximum absolute atomic E-state index is 10.4. The van der Waals surface area contributed by atoms with Crippen molar-refractivity contribution in [2.24, 2.45) is 11.8 Å². The summed E-state index contributed by atoms with van der Waals surface area (Å²) in [5.74, 6) is 1.16. The van der Waals surface area contributed by atoms with Crippen molar-refractivity contribution in [2.75, 3.05) is 12.4 Å².